The summed E-state index contributed by atoms with van der Waals surface area (Å²) in [6.45, 7) is 9.51. The van der Waals surface area contributed by atoms with Crippen molar-refractivity contribution in [3.63, 3.8) is 0 Å². The molecule has 0 spiro atoms. The van der Waals surface area contributed by atoms with Crippen LogP contribution >= 0.6 is 11.3 Å². The molecule has 19 heavy (non-hydrogen) atoms. The van der Waals surface area contributed by atoms with Gasteiger partial charge in [-0.2, -0.15) is 0 Å². The number of nitrogens with zero attached hydrogens (tertiary/aromatic N) is 2. The summed E-state index contributed by atoms with van der Waals surface area (Å²) < 4.78 is 5.35. The van der Waals surface area contributed by atoms with Gasteiger partial charge in [-0.15, -0.1) is 11.3 Å². The highest BCUT2D eigenvalue weighted by Gasteiger charge is 2.43. The van der Waals surface area contributed by atoms with Gasteiger partial charge < -0.3 is 9.64 Å². The molecule has 103 valence electrons. The van der Waals surface area contributed by atoms with Crippen LogP contribution in [-0.4, -0.2) is 55.1 Å². The number of hydrogen-bond acceptors (Lipinski definition) is 4. The molecule has 1 aromatic rings. The Labute approximate surface area is 118 Å². The summed E-state index contributed by atoms with van der Waals surface area (Å²) >= 11 is 1.57. The van der Waals surface area contributed by atoms with E-state index in [1.165, 1.54) is 0 Å². The minimum absolute atomic E-state index is 0.158. The summed E-state index contributed by atoms with van der Waals surface area (Å²) in [6, 6.07) is 1.83. The highest BCUT2D eigenvalue weighted by atomic mass is 32.1. The minimum atomic E-state index is -0.191. The lowest BCUT2D eigenvalue weighted by atomic mass is 10.0. The Morgan fingerprint density at radius 3 is 2.79 bits per heavy atom. The second-order valence-electron chi connectivity index (χ2n) is 5.58. The van der Waals surface area contributed by atoms with Crippen LogP contribution < -0.4 is 0 Å². The van der Waals surface area contributed by atoms with E-state index in [-0.39, 0.29) is 11.4 Å². The quantitative estimate of drug-likeness (QED) is 0.842. The standard InChI is InChI=1S/C14H19N2O2S/c1-14(2)12-11(3-10-19-12)13(17)16(14)5-4-15-6-8-18-9-7-15/h3H,4-9H2,1-2H3. The van der Waals surface area contributed by atoms with E-state index in [1.54, 1.807) is 11.3 Å². The van der Waals surface area contributed by atoms with Gasteiger partial charge in [0.2, 0.25) is 0 Å². The number of morpholine rings is 1. The molecule has 0 atom stereocenters. The fourth-order valence-corrected chi connectivity index (χ4v) is 3.76. The number of hydrogen-bond donors (Lipinski definition) is 0. The van der Waals surface area contributed by atoms with Gasteiger partial charge in [0.25, 0.3) is 5.91 Å². The molecule has 0 aliphatic carbocycles. The monoisotopic (exact) mass is 279 g/mol. The van der Waals surface area contributed by atoms with Crippen molar-refractivity contribution in [3.8, 4) is 0 Å². The second-order valence-corrected chi connectivity index (χ2v) is 6.42. The molecule has 4 nitrogen and oxygen atoms in total. The molecule has 3 heterocycles. The predicted octanol–water partition coefficient (Wildman–Crippen LogP) is 1.57. The molecule has 2 aliphatic heterocycles. The molecule has 1 saturated heterocycles. The Kier molecular flexibility index (Phi) is 3.37. The van der Waals surface area contributed by atoms with Crippen molar-refractivity contribution >= 4 is 17.2 Å². The van der Waals surface area contributed by atoms with Gasteiger partial charge in [0.1, 0.15) is 0 Å². The molecule has 1 aromatic heterocycles. The normalized spacial score (nSPS) is 22.8. The van der Waals surface area contributed by atoms with Gasteiger partial charge in [0, 0.05) is 36.4 Å². The molecule has 0 aromatic carbocycles. The highest BCUT2D eigenvalue weighted by molar-refractivity contribution is 7.10. The van der Waals surface area contributed by atoms with E-state index in [9.17, 15) is 4.79 Å². The van der Waals surface area contributed by atoms with E-state index < -0.39 is 0 Å². The lowest BCUT2D eigenvalue weighted by Crippen LogP contribution is -2.46. The zero-order valence-electron chi connectivity index (χ0n) is 11.4. The Balaban J connectivity index is 1.68. The third-order valence-electron chi connectivity index (χ3n) is 4.06. The molecule has 5 heteroatoms. The highest BCUT2D eigenvalue weighted by Crippen LogP contribution is 2.41. The molecule has 0 N–H and O–H groups in total. The summed E-state index contributed by atoms with van der Waals surface area (Å²) in [7, 11) is 0. The SMILES string of the molecule is CC1(C)c2s[c]cc2C(=O)N1CCN1CCOCC1. The van der Waals surface area contributed by atoms with Crippen LogP contribution in [-0.2, 0) is 10.3 Å². The van der Waals surface area contributed by atoms with E-state index in [0.717, 1.165) is 49.8 Å². The molecule has 0 unspecified atom stereocenters. The molecular formula is C14H19N2O2S. The van der Waals surface area contributed by atoms with Crippen molar-refractivity contribution in [1.29, 1.82) is 0 Å². The Bertz CT molecular complexity index is 478. The summed E-state index contributed by atoms with van der Waals surface area (Å²) in [5, 5.41) is 3.08. The number of carbonyl (C=O) groups excluding carboxylic acids is 1. The number of rotatable bonds is 3. The van der Waals surface area contributed by atoms with Gasteiger partial charge >= 0.3 is 0 Å². The van der Waals surface area contributed by atoms with Gasteiger partial charge in [-0.05, 0) is 19.9 Å². The minimum Gasteiger partial charge on any atom is -0.379 e. The Hall–Kier alpha value is -0.910. The van der Waals surface area contributed by atoms with Crippen LogP contribution in [0.25, 0.3) is 0 Å². The average molecular weight is 279 g/mol. The van der Waals surface area contributed by atoms with Crippen molar-refractivity contribution in [2.45, 2.75) is 19.4 Å². The van der Waals surface area contributed by atoms with Crippen molar-refractivity contribution < 1.29 is 9.53 Å². The molecular weight excluding hydrogens is 260 g/mol. The average Bonchev–Trinajstić information content (AvgIpc) is 2.94. The molecule has 3 rings (SSSR count). The number of fused-ring (bicyclic) bond motifs is 1. The summed E-state index contributed by atoms with van der Waals surface area (Å²) in [5.74, 6) is 0.158. The second kappa shape index (κ2) is 4.89. The van der Waals surface area contributed by atoms with Crippen LogP contribution in [0.3, 0.4) is 0 Å². The Morgan fingerprint density at radius 2 is 2.11 bits per heavy atom. The van der Waals surface area contributed by atoms with Crippen LogP contribution in [0, 0.1) is 5.38 Å². The van der Waals surface area contributed by atoms with E-state index in [0.29, 0.717) is 0 Å². The number of ether oxygens (including phenoxy) is 1. The first kappa shape index (κ1) is 13.1. The largest absolute Gasteiger partial charge is 0.379 e. The summed E-state index contributed by atoms with van der Waals surface area (Å²) in [6.07, 6.45) is 0. The molecule has 0 bridgehead atoms. The van der Waals surface area contributed by atoms with Crippen molar-refractivity contribution in [1.82, 2.24) is 9.80 Å². The molecule has 1 fully saturated rings. The fourth-order valence-electron chi connectivity index (χ4n) is 2.85. The van der Waals surface area contributed by atoms with Crippen molar-refractivity contribution in [2.24, 2.45) is 0 Å². The van der Waals surface area contributed by atoms with E-state index in [2.05, 4.69) is 24.1 Å². The lowest BCUT2D eigenvalue weighted by Gasteiger charge is -2.35. The van der Waals surface area contributed by atoms with Crippen molar-refractivity contribution in [2.75, 3.05) is 39.4 Å². The van der Waals surface area contributed by atoms with Gasteiger partial charge in [-0.3, -0.25) is 9.69 Å². The van der Waals surface area contributed by atoms with Crippen LogP contribution in [0.5, 0.6) is 0 Å². The first-order valence-corrected chi connectivity index (χ1v) is 7.55. The van der Waals surface area contributed by atoms with Gasteiger partial charge in [-0.25, -0.2) is 0 Å². The number of amides is 1. The molecule has 0 saturated carbocycles. The van der Waals surface area contributed by atoms with E-state index in [1.807, 2.05) is 11.0 Å². The van der Waals surface area contributed by atoms with E-state index in [4.69, 9.17) is 4.74 Å². The first-order valence-electron chi connectivity index (χ1n) is 6.73. The summed E-state index contributed by atoms with van der Waals surface area (Å²) in [4.78, 5) is 17.9. The number of thiophene rings is 1. The Morgan fingerprint density at radius 1 is 1.37 bits per heavy atom. The maximum Gasteiger partial charge on any atom is 0.255 e. The maximum absolute atomic E-state index is 12.4. The zero-order valence-corrected chi connectivity index (χ0v) is 12.3. The van der Waals surface area contributed by atoms with Gasteiger partial charge in [0.15, 0.2) is 0 Å². The van der Waals surface area contributed by atoms with Crippen LogP contribution in [0.4, 0.5) is 0 Å². The topological polar surface area (TPSA) is 32.8 Å². The fraction of sp³-hybridized carbons (Fsp3) is 0.643. The molecule has 1 amide bonds. The third-order valence-corrected chi connectivity index (χ3v) is 5.22. The maximum atomic E-state index is 12.4. The van der Waals surface area contributed by atoms with Crippen LogP contribution in [0.15, 0.2) is 6.07 Å². The molecule has 2 aliphatic rings. The zero-order chi connectivity index (χ0) is 13.5. The summed E-state index contributed by atoms with van der Waals surface area (Å²) in [5.41, 5.74) is 0.653. The van der Waals surface area contributed by atoms with E-state index >= 15 is 0 Å². The smallest absolute Gasteiger partial charge is 0.255 e. The first-order chi connectivity index (χ1) is 9.10. The van der Waals surface area contributed by atoms with Crippen LogP contribution in [0.1, 0.15) is 29.1 Å². The third kappa shape index (κ3) is 2.20. The number of carbonyl (C=O) groups is 1. The van der Waals surface area contributed by atoms with Gasteiger partial charge in [-0.1, -0.05) is 0 Å². The van der Waals surface area contributed by atoms with Crippen LogP contribution in [0.2, 0.25) is 0 Å². The van der Waals surface area contributed by atoms with Gasteiger partial charge in [0.05, 0.1) is 24.3 Å². The molecule has 1 radical (unpaired) electrons. The predicted molar refractivity (Wildman–Crippen MR) is 74.5 cm³/mol. The van der Waals surface area contributed by atoms with Crippen molar-refractivity contribution in [3.05, 3.63) is 21.9 Å². The lowest BCUT2D eigenvalue weighted by molar-refractivity contribution is 0.0263.